The minimum Gasteiger partial charge on any atom is -0.466 e. The van der Waals surface area contributed by atoms with Gasteiger partial charge in [0.25, 0.3) is 0 Å². The van der Waals surface area contributed by atoms with Crippen LogP contribution in [0.25, 0.3) is 0 Å². The van der Waals surface area contributed by atoms with Gasteiger partial charge in [0.15, 0.2) is 0 Å². The Balaban J connectivity index is 3.41. The molecule has 69 heavy (non-hydrogen) atoms. The molecule has 3 N–H and O–H groups in total. The van der Waals surface area contributed by atoms with Crippen molar-refractivity contribution in [2.75, 3.05) is 13.2 Å². The third kappa shape index (κ3) is 56.0. The van der Waals surface area contributed by atoms with E-state index in [2.05, 4.69) is 19.2 Å². The van der Waals surface area contributed by atoms with E-state index in [4.69, 9.17) is 4.74 Å². The van der Waals surface area contributed by atoms with E-state index in [9.17, 15) is 19.8 Å². The lowest BCUT2D eigenvalue weighted by molar-refractivity contribution is -0.143. The van der Waals surface area contributed by atoms with E-state index in [1.807, 2.05) is 0 Å². The maximum atomic E-state index is 12.5. The molecule has 0 saturated heterocycles. The van der Waals surface area contributed by atoms with Crippen LogP contribution in [0.1, 0.15) is 367 Å². The number of amides is 1. The van der Waals surface area contributed by atoms with Crippen LogP contribution in [0.4, 0.5) is 0 Å². The van der Waals surface area contributed by atoms with Gasteiger partial charge >= 0.3 is 5.97 Å². The van der Waals surface area contributed by atoms with Crippen molar-refractivity contribution in [3.8, 4) is 0 Å². The maximum Gasteiger partial charge on any atom is 0.305 e. The summed E-state index contributed by atoms with van der Waals surface area (Å²) in [6.07, 6.45) is 69.6. The standard InChI is InChI=1S/C63H125NO5/c1-3-5-7-9-11-13-15-17-19-21-23-24-25-26-28-31-35-39-43-47-51-55-61(66)60(59-65)64-62(67)56-52-48-44-40-36-32-30-34-38-42-46-50-54-58-69-63(68)57-53-49-45-41-37-33-29-27-22-20-18-16-14-12-10-8-6-4-2/h60-61,65-66H,3-59H2,1-2H3,(H,64,67). The van der Waals surface area contributed by atoms with E-state index < -0.39 is 12.1 Å². The van der Waals surface area contributed by atoms with Gasteiger partial charge in [0.05, 0.1) is 25.4 Å². The molecule has 0 aliphatic carbocycles. The molecule has 6 heteroatoms. The molecule has 1 amide bonds. The lowest BCUT2D eigenvalue weighted by Gasteiger charge is -2.22. The minimum atomic E-state index is -0.672. The molecule has 0 saturated carbocycles. The summed E-state index contributed by atoms with van der Waals surface area (Å²) in [5.74, 6) is -0.0420. The predicted molar refractivity (Wildman–Crippen MR) is 301 cm³/mol. The SMILES string of the molecule is CCCCCCCCCCCCCCCCCCCCCCCC(O)C(CO)NC(=O)CCCCCCCCCCCCCCCOC(=O)CCCCCCCCCCCCCCCCCCCC. The van der Waals surface area contributed by atoms with Gasteiger partial charge in [0.2, 0.25) is 5.91 Å². The second kappa shape index (κ2) is 59.4. The average Bonchev–Trinajstić information content (AvgIpc) is 3.35. The number of rotatable bonds is 60. The van der Waals surface area contributed by atoms with E-state index >= 15 is 0 Å². The van der Waals surface area contributed by atoms with Crippen LogP contribution in [-0.2, 0) is 14.3 Å². The largest absolute Gasteiger partial charge is 0.466 e. The van der Waals surface area contributed by atoms with Crippen LogP contribution in [0, 0.1) is 0 Å². The number of unbranched alkanes of at least 4 members (excludes halogenated alkanes) is 49. The highest BCUT2D eigenvalue weighted by Crippen LogP contribution is 2.19. The predicted octanol–water partition coefficient (Wildman–Crippen LogP) is 19.9. The van der Waals surface area contributed by atoms with E-state index in [-0.39, 0.29) is 18.5 Å². The minimum absolute atomic E-state index is 0.000632. The molecule has 2 atom stereocenters. The summed E-state index contributed by atoms with van der Waals surface area (Å²) in [4.78, 5) is 24.6. The van der Waals surface area contributed by atoms with Crippen LogP contribution < -0.4 is 5.32 Å². The van der Waals surface area contributed by atoms with Crippen LogP contribution in [-0.4, -0.2) is 47.4 Å². The third-order valence-electron chi connectivity index (χ3n) is 15.2. The quantitative estimate of drug-likeness (QED) is 0.0417. The first-order chi connectivity index (χ1) is 34.0. The van der Waals surface area contributed by atoms with Crippen molar-refractivity contribution in [2.24, 2.45) is 0 Å². The van der Waals surface area contributed by atoms with Crippen molar-refractivity contribution in [2.45, 2.75) is 379 Å². The molecule has 0 radical (unpaired) electrons. The zero-order valence-electron chi connectivity index (χ0n) is 47.1. The van der Waals surface area contributed by atoms with Crippen molar-refractivity contribution >= 4 is 11.9 Å². The van der Waals surface area contributed by atoms with Crippen LogP contribution in [0.3, 0.4) is 0 Å². The van der Waals surface area contributed by atoms with E-state index in [1.54, 1.807) is 0 Å². The summed E-state index contributed by atoms with van der Waals surface area (Å²) in [5.41, 5.74) is 0. The highest BCUT2D eigenvalue weighted by molar-refractivity contribution is 5.76. The van der Waals surface area contributed by atoms with Crippen LogP contribution >= 0.6 is 0 Å². The average molecular weight is 977 g/mol. The number of hydrogen-bond donors (Lipinski definition) is 3. The Kier molecular flexibility index (Phi) is 58.4. The monoisotopic (exact) mass is 976 g/mol. The first kappa shape index (κ1) is 67.9. The second-order valence-corrected chi connectivity index (χ2v) is 22.1. The van der Waals surface area contributed by atoms with Crippen molar-refractivity contribution in [1.82, 2.24) is 5.32 Å². The zero-order chi connectivity index (χ0) is 50.0. The van der Waals surface area contributed by atoms with Gasteiger partial charge in [0, 0.05) is 12.8 Å². The van der Waals surface area contributed by atoms with Crippen molar-refractivity contribution in [3.63, 3.8) is 0 Å². The van der Waals surface area contributed by atoms with Gasteiger partial charge in [-0.1, -0.05) is 328 Å². The number of nitrogens with one attached hydrogen (secondary N) is 1. The Hall–Kier alpha value is -1.14. The van der Waals surface area contributed by atoms with Gasteiger partial charge in [-0.25, -0.2) is 0 Å². The Bertz CT molecular complexity index is 990. The van der Waals surface area contributed by atoms with Crippen LogP contribution in [0.2, 0.25) is 0 Å². The number of ether oxygens (including phenoxy) is 1. The first-order valence-electron chi connectivity index (χ1n) is 31.8. The molecular weight excluding hydrogens is 851 g/mol. The lowest BCUT2D eigenvalue weighted by atomic mass is 10.0. The number of aliphatic hydroxyl groups is 2. The first-order valence-corrected chi connectivity index (χ1v) is 31.8. The van der Waals surface area contributed by atoms with Gasteiger partial charge in [-0.05, 0) is 25.7 Å². The van der Waals surface area contributed by atoms with Crippen molar-refractivity contribution in [3.05, 3.63) is 0 Å². The molecule has 0 aromatic heterocycles. The van der Waals surface area contributed by atoms with Gasteiger partial charge in [-0.15, -0.1) is 0 Å². The number of carbonyl (C=O) groups excluding carboxylic acids is 2. The van der Waals surface area contributed by atoms with Gasteiger partial charge < -0.3 is 20.3 Å². The summed E-state index contributed by atoms with van der Waals surface area (Å²) < 4.78 is 5.49. The topological polar surface area (TPSA) is 95.9 Å². The molecule has 0 aromatic rings. The van der Waals surface area contributed by atoms with Gasteiger partial charge in [0.1, 0.15) is 0 Å². The summed E-state index contributed by atoms with van der Waals surface area (Å²) in [6.45, 7) is 4.97. The molecule has 0 aliphatic heterocycles. The Labute approximate surface area is 432 Å². The third-order valence-corrected chi connectivity index (χ3v) is 15.2. The van der Waals surface area contributed by atoms with Crippen LogP contribution in [0.15, 0.2) is 0 Å². The van der Waals surface area contributed by atoms with Crippen LogP contribution in [0.5, 0.6) is 0 Å². The summed E-state index contributed by atoms with van der Waals surface area (Å²) in [5, 5.41) is 23.4. The molecule has 0 fully saturated rings. The van der Waals surface area contributed by atoms with Gasteiger partial charge in [-0.2, -0.15) is 0 Å². The summed E-state index contributed by atoms with van der Waals surface area (Å²) >= 11 is 0. The van der Waals surface area contributed by atoms with E-state index in [0.717, 1.165) is 51.4 Å². The number of hydrogen-bond acceptors (Lipinski definition) is 5. The fourth-order valence-electron chi connectivity index (χ4n) is 10.3. The molecule has 0 aliphatic rings. The molecule has 0 heterocycles. The molecular formula is C63H125NO5. The summed E-state index contributed by atoms with van der Waals surface area (Å²) in [7, 11) is 0. The Morgan fingerprint density at radius 3 is 0.884 bits per heavy atom. The molecule has 412 valence electrons. The fourth-order valence-corrected chi connectivity index (χ4v) is 10.3. The molecule has 0 spiro atoms. The smallest absolute Gasteiger partial charge is 0.305 e. The Morgan fingerprint density at radius 1 is 0.348 bits per heavy atom. The van der Waals surface area contributed by atoms with Gasteiger partial charge in [-0.3, -0.25) is 9.59 Å². The number of aliphatic hydroxyl groups excluding tert-OH is 2. The van der Waals surface area contributed by atoms with E-state index in [0.29, 0.717) is 25.9 Å². The zero-order valence-corrected chi connectivity index (χ0v) is 47.1. The molecule has 0 bridgehead atoms. The second-order valence-electron chi connectivity index (χ2n) is 22.1. The maximum absolute atomic E-state index is 12.5. The lowest BCUT2D eigenvalue weighted by Crippen LogP contribution is -2.45. The molecule has 0 aromatic carbocycles. The number of carbonyl (C=O) groups is 2. The highest BCUT2D eigenvalue weighted by Gasteiger charge is 2.20. The van der Waals surface area contributed by atoms with E-state index in [1.165, 1.54) is 283 Å². The van der Waals surface area contributed by atoms with Crippen molar-refractivity contribution in [1.29, 1.82) is 0 Å². The highest BCUT2D eigenvalue weighted by atomic mass is 16.5. The summed E-state index contributed by atoms with van der Waals surface area (Å²) in [6, 6.07) is -0.551. The fraction of sp³-hybridized carbons (Fsp3) is 0.968. The molecule has 6 nitrogen and oxygen atoms in total. The number of esters is 1. The molecule has 2 unspecified atom stereocenters. The Morgan fingerprint density at radius 2 is 0.594 bits per heavy atom. The normalized spacial score (nSPS) is 12.5. The molecule has 0 rings (SSSR count). The van der Waals surface area contributed by atoms with Crippen molar-refractivity contribution < 1.29 is 24.5 Å².